The van der Waals surface area contributed by atoms with Gasteiger partial charge < -0.3 is 16.0 Å². The number of halogens is 1. The van der Waals surface area contributed by atoms with Crippen molar-refractivity contribution < 1.29 is 9.59 Å². The molecule has 0 aliphatic carbocycles. The van der Waals surface area contributed by atoms with Gasteiger partial charge in [0.2, 0.25) is 5.91 Å². The summed E-state index contributed by atoms with van der Waals surface area (Å²) < 4.78 is 0. The van der Waals surface area contributed by atoms with Crippen molar-refractivity contribution in [1.29, 1.82) is 0 Å². The largest absolute Gasteiger partial charge is 0.398 e. The maximum Gasteiger partial charge on any atom is 0.255 e. The molecule has 0 heterocycles. The first-order valence-corrected chi connectivity index (χ1v) is 5.85. The van der Waals surface area contributed by atoms with Gasteiger partial charge in [0.05, 0.1) is 16.3 Å². The van der Waals surface area contributed by atoms with Gasteiger partial charge in [-0.15, -0.1) is 0 Å². The van der Waals surface area contributed by atoms with E-state index in [2.05, 4.69) is 5.32 Å². The van der Waals surface area contributed by atoms with Crippen LogP contribution in [-0.2, 0) is 4.79 Å². The SMILES string of the molecule is CNC(=O)CCN(C)C(=O)c1cccc(N)c1Cl. The third-order valence-electron chi connectivity index (χ3n) is 2.56. The maximum absolute atomic E-state index is 12.1. The highest BCUT2D eigenvalue weighted by Crippen LogP contribution is 2.23. The second-order valence-electron chi connectivity index (χ2n) is 3.86. The molecule has 5 nitrogen and oxygen atoms in total. The van der Waals surface area contributed by atoms with Gasteiger partial charge in [0.15, 0.2) is 0 Å². The van der Waals surface area contributed by atoms with Gasteiger partial charge in [0, 0.05) is 27.1 Å². The van der Waals surface area contributed by atoms with Crippen LogP contribution < -0.4 is 11.1 Å². The second-order valence-corrected chi connectivity index (χ2v) is 4.24. The van der Waals surface area contributed by atoms with Gasteiger partial charge in [-0.2, -0.15) is 0 Å². The monoisotopic (exact) mass is 269 g/mol. The van der Waals surface area contributed by atoms with Crippen molar-refractivity contribution in [1.82, 2.24) is 10.2 Å². The molecular weight excluding hydrogens is 254 g/mol. The molecule has 0 saturated carbocycles. The van der Waals surface area contributed by atoms with Gasteiger partial charge in [-0.1, -0.05) is 17.7 Å². The van der Waals surface area contributed by atoms with Gasteiger partial charge in [0.1, 0.15) is 0 Å². The topological polar surface area (TPSA) is 75.4 Å². The standard InChI is InChI=1S/C12H16ClN3O2/c1-15-10(17)6-7-16(2)12(18)8-4-3-5-9(14)11(8)13/h3-5H,6-7,14H2,1-2H3,(H,15,17). The Labute approximate surface area is 111 Å². The van der Waals surface area contributed by atoms with Crippen molar-refractivity contribution in [2.24, 2.45) is 0 Å². The highest BCUT2D eigenvalue weighted by molar-refractivity contribution is 6.36. The molecule has 0 aliphatic rings. The molecule has 1 rings (SSSR count). The first-order chi connectivity index (χ1) is 8.47. The average molecular weight is 270 g/mol. The molecule has 0 aromatic heterocycles. The van der Waals surface area contributed by atoms with Gasteiger partial charge in [-0.05, 0) is 12.1 Å². The number of rotatable bonds is 4. The highest BCUT2D eigenvalue weighted by Gasteiger charge is 2.16. The Kier molecular flexibility index (Phi) is 4.97. The van der Waals surface area contributed by atoms with Gasteiger partial charge >= 0.3 is 0 Å². The van der Waals surface area contributed by atoms with E-state index in [1.807, 2.05) is 0 Å². The molecule has 0 atom stereocenters. The van der Waals surface area contributed by atoms with Gasteiger partial charge in [-0.3, -0.25) is 9.59 Å². The molecule has 6 heteroatoms. The van der Waals surface area contributed by atoms with E-state index in [4.69, 9.17) is 17.3 Å². The number of hydrogen-bond acceptors (Lipinski definition) is 3. The minimum atomic E-state index is -0.254. The summed E-state index contributed by atoms with van der Waals surface area (Å²) in [6.45, 7) is 0.323. The molecule has 98 valence electrons. The Hall–Kier alpha value is -1.75. The minimum Gasteiger partial charge on any atom is -0.398 e. The Morgan fingerprint density at radius 3 is 2.72 bits per heavy atom. The number of hydrogen-bond donors (Lipinski definition) is 2. The number of carbonyl (C=O) groups is 2. The zero-order valence-corrected chi connectivity index (χ0v) is 11.1. The van der Waals surface area contributed by atoms with Crippen LogP contribution in [0.1, 0.15) is 16.8 Å². The molecule has 3 N–H and O–H groups in total. The van der Waals surface area contributed by atoms with E-state index < -0.39 is 0 Å². The fourth-order valence-electron chi connectivity index (χ4n) is 1.42. The van der Waals surface area contributed by atoms with E-state index in [9.17, 15) is 9.59 Å². The number of nitrogens with two attached hydrogens (primary N) is 1. The smallest absolute Gasteiger partial charge is 0.255 e. The second kappa shape index (κ2) is 6.26. The van der Waals surface area contributed by atoms with E-state index >= 15 is 0 Å². The zero-order chi connectivity index (χ0) is 13.7. The summed E-state index contributed by atoms with van der Waals surface area (Å²) in [4.78, 5) is 24.6. The number of nitrogens with one attached hydrogen (secondary N) is 1. The van der Waals surface area contributed by atoms with Crippen LogP contribution in [-0.4, -0.2) is 37.4 Å². The van der Waals surface area contributed by atoms with Crippen molar-refractivity contribution in [3.05, 3.63) is 28.8 Å². The average Bonchev–Trinajstić information content (AvgIpc) is 2.37. The van der Waals surface area contributed by atoms with Crippen molar-refractivity contribution in [2.45, 2.75) is 6.42 Å². The Balaban J connectivity index is 2.74. The fourth-order valence-corrected chi connectivity index (χ4v) is 1.62. The summed E-state index contributed by atoms with van der Waals surface area (Å²) in [5.41, 5.74) is 6.34. The predicted molar refractivity (Wildman–Crippen MR) is 71.5 cm³/mol. The third-order valence-corrected chi connectivity index (χ3v) is 2.98. The van der Waals surface area contributed by atoms with E-state index in [0.29, 0.717) is 17.8 Å². The lowest BCUT2D eigenvalue weighted by Crippen LogP contribution is -2.31. The summed E-state index contributed by atoms with van der Waals surface area (Å²) in [5.74, 6) is -0.371. The summed E-state index contributed by atoms with van der Waals surface area (Å²) >= 11 is 5.97. The van der Waals surface area contributed by atoms with Crippen LogP contribution in [0.4, 0.5) is 5.69 Å². The first-order valence-electron chi connectivity index (χ1n) is 5.47. The van der Waals surface area contributed by atoms with Crippen LogP contribution in [0.3, 0.4) is 0 Å². The lowest BCUT2D eigenvalue weighted by molar-refractivity contribution is -0.120. The molecule has 0 aliphatic heterocycles. The number of carbonyl (C=O) groups excluding carboxylic acids is 2. The number of nitrogen functional groups attached to an aromatic ring is 1. The molecule has 1 aromatic rings. The van der Waals surface area contributed by atoms with Crippen LogP contribution in [0, 0.1) is 0 Å². The van der Waals surface area contributed by atoms with Crippen molar-refractivity contribution in [3.8, 4) is 0 Å². The Morgan fingerprint density at radius 1 is 1.44 bits per heavy atom. The maximum atomic E-state index is 12.1. The lowest BCUT2D eigenvalue weighted by Gasteiger charge is -2.17. The molecular formula is C12H16ClN3O2. The van der Waals surface area contributed by atoms with E-state index in [1.54, 1.807) is 32.3 Å². The molecule has 0 unspecified atom stereocenters. The van der Waals surface area contributed by atoms with Crippen LogP contribution in [0.5, 0.6) is 0 Å². The van der Waals surface area contributed by atoms with Crippen LogP contribution in [0.2, 0.25) is 5.02 Å². The molecule has 18 heavy (non-hydrogen) atoms. The van der Waals surface area contributed by atoms with Crippen LogP contribution in [0.15, 0.2) is 18.2 Å². The van der Waals surface area contributed by atoms with Crippen LogP contribution in [0.25, 0.3) is 0 Å². The minimum absolute atomic E-state index is 0.117. The Bertz CT molecular complexity index is 463. The summed E-state index contributed by atoms with van der Waals surface area (Å²) in [6, 6.07) is 4.90. The highest BCUT2D eigenvalue weighted by atomic mass is 35.5. The molecule has 2 amide bonds. The quantitative estimate of drug-likeness (QED) is 0.805. The summed E-state index contributed by atoms with van der Waals surface area (Å²) in [6.07, 6.45) is 0.249. The molecule has 0 radical (unpaired) electrons. The molecule has 1 aromatic carbocycles. The zero-order valence-electron chi connectivity index (χ0n) is 10.4. The lowest BCUT2D eigenvalue weighted by atomic mass is 10.1. The van der Waals surface area contributed by atoms with Crippen molar-refractivity contribution in [2.75, 3.05) is 26.4 Å². The normalized spacial score (nSPS) is 9.94. The van der Waals surface area contributed by atoms with Crippen molar-refractivity contribution >= 4 is 29.1 Å². The summed E-state index contributed by atoms with van der Waals surface area (Å²) in [7, 11) is 3.17. The third kappa shape index (κ3) is 3.37. The van der Waals surface area contributed by atoms with Gasteiger partial charge in [-0.25, -0.2) is 0 Å². The van der Waals surface area contributed by atoms with E-state index in [0.717, 1.165) is 0 Å². The molecule has 0 saturated heterocycles. The predicted octanol–water partition coefficient (Wildman–Crippen LogP) is 1.13. The molecule has 0 bridgehead atoms. The number of amides is 2. The van der Waals surface area contributed by atoms with Gasteiger partial charge in [0.25, 0.3) is 5.91 Å². The van der Waals surface area contributed by atoms with Crippen molar-refractivity contribution in [3.63, 3.8) is 0 Å². The first kappa shape index (κ1) is 14.3. The number of benzene rings is 1. The Morgan fingerprint density at radius 2 is 2.11 bits per heavy atom. The van der Waals surface area contributed by atoms with E-state index in [1.165, 1.54) is 4.90 Å². The molecule has 0 spiro atoms. The number of anilines is 1. The molecule has 0 fully saturated rings. The fraction of sp³-hybridized carbons (Fsp3) is 0.333. The summed E-state index contributed by atoms with van der Waals surface area (Å²) in [5, 5.41) is 2.74. The van der Waals surface area contributed by atoms with E-state index in [-0.39, 0.29) is 23.3 Å². The number of nitrogens with zero attached hydrogens (tertiary/aromatic N) is 1. The van der Waals surface area contributed by atoms with Crippen LogP contribution >= 0.6 is 11.6 Å².